The molecule has 0 fully saturated rings. The van der Waals surface area contributed by atoms with Crippen molar-refractivity contribution in [2.45, 2.75) is 29.4 Å². The van der Waals surface area contributed by atoms with Gasteiger partial charge in [-0.05, 0) is 24.8 Å². The maximum absolute atomic E-state index is 12.3. The lowest BCUT2D eigenvalue weighted by atomic mass is 10.2. The minimum absolute atomic E-state index is 0.0177. The van der Waals surface area contributed by atoms with E-state index in [-0.39, 0.29) is 5.56 Å². The van der Waals surface area contributed by atoms with E-state index in [2.05, 4.69) is 15.0 Å². The second kappa shape index (κ2) is 4.98. The third-order valence-corrected chi connectivity index (χ3v) is 6.53. The third-order valence-electron chi connectivity index (χ3n) is 3.37. The summed E-state index contributed by atoms with van der Waals surface area (Å²) in [5.41, 5.74) is 1.25. The van der Waals surface area contributed by atoms with E-state index >= 15 is 0 Å². The summed E-state index contributed by atoms with van der Waals surface area (Å²) in [6, 6.07) is 0. The van der Waals surface area contributed by atoms with Crippen LogP contribution in [-0.4, -0.2) is 15.0 Å². The van der Waals surface area contributed by atoms with Gasteiger partial charge in [-0.15, -0.1) is 22.7 Å². The molecule has 1 aliphatic carbocycles. The molecule has 102 valence electrons. The second-order valence-electron chi connectivity index (χ2n) is 4.64. The van der Waals surface area contributed by atoms with Crippen LogP contribution in [0.2, 0.25) is 0 Å². The van der Waals surface area contributed by atoms with E-state index in [1.54, 1.807) is 40.6 Å². The number of rotatable bonds is 3. The zero-order valence-electron chi connectivity index (χ0n) is 10.5. The molecule has 0 bridgehead atoms. The molecule has 0 atom stereocenters. The Morgan fingerprint density at radius 2 is 2.35 bits per heavy atom. The number of aryl methyl sites for hydroxylation is 2. The molecule has 4 nitrogen and oxygen atoms in total. The lowest BCUT2D eigenvalue weighted by Crippen LogP contribution is -2.11. The van der Waals surface area contributed by atoms with Crippen LogP contribution in [0.3, 0.4) is 0 Å². The van der Waals surface area contributed by atoms with Crippen molar-refractivity contribution in [1.82, 2.24) is 15.0 Å². The SMILES string of the molecule is O=c1[nH]c(CSc2nccs2)nc2sc3c(c12)CCC3. The maximum atomic E-state index is 12.3. The highest BCUT2D eigenvalue weighted by Crippen LogP contribution is 2.34. The molecule has 3 aromatic heterocycles. The predicted octanol–water partition coefficient (Wildman–Crippen LogP) is 3.22. The number of thiazole rings is 1. The number of nitrogens with zero attached hydrogens (tertiary/aromatic N) is 2. The summed E-state index contributed by atoms with van der Waals surface area (Å²) in [6.07, 6.45) is 5.07. The summed E-state index contributed by atoms with van der Waals surface area (Å²) < 4.78 is 1.00. The largest absolute Gasteiger partial charge is 0.309 e. The molecule has 0 aliphatic heterocycles. The number of H-pyrrole nitrogens is 1. The standard InChI is InChI=1S/C13H11N3OS3/c17-11-10-7-2-1-3-8(7)20-12(10)16-9(15-11)6-19-13-14-4-5-18-13/h4-5H,1-3,6H2,(H,15,16,17). The van der Waals surface area contributed by atoms with Gasteiger partial charge in [0.25, 0.3) is 5.56 Å². The number of hydrogen-bond acceptors (Lipinski definition) is 6. The summed E-state index contributed by atoms with van der Waals surface area (Å²) >= 11 is 4.90. The van der Waals surface area contributed by atoms with Gasteiger partial charge in [0.2, 0.25) is 0 Å². The van der Waals surface area contributed by atoms with Gasteiger partial charge in [-0.2, -0.15) is 0 Å². The summed E-state index contributed by atoms with van der Waals surface area (Å²) in [4.78, 5) is 26.3. The number of fused-ring (bicyclic) bond motifs is 3. The molecule has 0 aromatic carbocycles. The fourth-order valence-corrected chi connectivity index (χ4v) is 5.32. The first-order valence-electron chi connectivity index (χ1n) is 6.37. The molecule has 0 amide bonds. The molecule has 0 spiro atoms. The summed E-state index contributed by atoms with van der Waals surface area (Å²) in [7, 11) is 0. The van der Waals surface area contributed by atoms with Crippen LogP contribution >= 0.6 is 34.4 Å². The lowest BCUT2D eigenvalue weighted by molar-refractivity contribution is 0.916. The Morgan fingerprint density at radius 1 is 1.40 bits per heavy atom. The average molecular weight is 321 g/mol. The zero-order chi connectivity index (χ0) is 13.5. The van der Waals surface area contributed by atoms with Crippen molar-refractivity contribution in [3.8, 4) is 0 Å². The highest BCUT2D eigenvalue weighted by atomic mass is 32.2. The molecule has 1 aliphatic rings. The van der Waals surface area contributed by atoms with Gasteiger partial charge in [0.15, 0.2) is 0 Å². The molecule has 0 unspecified atom stereocenters. The molecule has 1 N–H and O–H groups in total. The number of hydrogen-bond donors (Lipinski definition) is 1. The van der Waals surface area contributed by atoms with Gasteiger partial charge in [-0.25, -0.2) is 9.97 Å². The first-order valence-corrected chi connectivity index (χ1v) is 9.05. The monoisotopic (exact) mass is 321 g/mol. The molecular weight excluding hydrogens is 310 g/mol. The first kappa shape index (κ1) is 12.6. The summed E-state index contributed by atoms with van der Waals surface area (Å²) in [5.74, 6) is 1.39. The van der Waals surface area contributed by atoms with Crippen molar-refractivity contribution < 1.29 is 0 Å². The van der Waals surface area contributed by atoms with Crippen molar-refractivity contribution in [2.75, 3.05) is 0 Å². The van der Waals surface area contributed by atoms with Gasteiger partial charge >= 0.3 is 0 Å². The van der Waals surface area contributed by atoms with E-state index in [1.165, 1.54) is 10.4 Å². The van der Waals surface area contributed by atoms with Gasteiger partial charge in [0, 0.05) is 16.5 Å². The van der Waals surface area contributed by atoms with Crippen molar-refractivity contribution in [1.29, 1.82) is 0 Å². The van der Waals surface area contributed by atoms with Crippen LogP contribution in [0.15, 0.2) is 20.7 Å². The Morgan fingerprint density at radius 3 is 3.20 bits per heavy atom. The van der Waals surface area contributed by atoms with Crippen LogP contribution in [0.1, 0.15) is 22.7 Å². The number of aromatic amines is 1. The fourth-order valence-electron chi connectivity index (χ4n) is 2.53. The van der Waals surface area contributed by atoms with Crippen LogP contribution in [0.5, 0.6) is 0 Å². The van der Waals surface area contributed by atoms with E-state index < -0.39 is 0 Å². The third kappa shape index (κ3) is 2.10. The Labute approximate surface area is 127 Å². The number of thiophene rings is 1. The van der Waals surface area contributed by atoms with Crippen molar-refractivity contribution in [2.24, 2.45) is 0 Å². The molecule has 3 aromatic rings. The Hall–Kier alpha value is -1.18. The van der Waals surface area contributed by atoms with Gasteiger partial charge in [-0.3, -0.25) is 4.79 Å². The van der Waals surface area contributed by atoms with Crippen molar-refractivity contribution >= 4 is 44.7 Å². The molecule has 20 heavy (non-hydrogen) atoms. The molecule has 7 heteroatoms. The number of nitrogens with one attached hydrogen (secondary N) is 1. The minimum atomic E-state index is 0.0177. The van der Waals surface area contributed by atoms with Crippen LogP contribution in [0.4, 0.5) is 0 Å². The van der Waals surface area contributed by atoms with Gasteiger partial charge in [-0.1, -0.05) is 11.8 Å². The maximum Gasteiger partial charge on any atom is 0.259 e. The first-order chi connectivity index (χ1) is 9.81. The van der Waals surface area contributed by atoms with Gasteiger partial charge in [0.05, 0.1) is 11.1 Å². The minimum Gasteiger partial charge on any atom is -0.309 e. The topological polar surface area (TPSA) is 58.6 Å². The van der Waals surface area contributed by atoms with Gasteiger partial charge in [0.1, 0.15) is 15.0 Å². The summed E-state index contributed by atoms with van der Waals surface area (Å²) in [6.45, 7) is 0. The van der Waals surface area contributed by atoms with E-state index in [0.717, 1.165) is 39.6 Å². The molecule has 4 rings (SSSR count). The molecule has 0 saturated carbocycles. The highest BCUT2D eigenvalue weighted by molar-refractivity contribution is 8.00. The molecule has 3 heterocycles. The number of aromatic nitrogens is 3. The smallest absolute Gasteiger partial charge is 0.259 e. The zero-order valence-corrected chi connectivity index (χ0v) is 13.0. The van der Waals surface area contributed by atoms with E-state index in [1.807, 2.05) is 5.38 Å². The second-order valence-corrected chi connectivity index (χ2v) is 7.84. The van der Waals surface area contributed by atoms with E-state index in [9.17, 15) is 4.79 Å². The predicted molar refractivity (Wildman–Crippen MR) is 83.9 cm³/mol. The number of thioether (sulfide) groups is 1. The average Bonchev–Trinajstić information content (AvgIpc) is 3.12. The molecule has 0 saturated heterocycles. The summed E-state index contributed by atoms with van der Waals surface area (Å²) in [5, 5.41) is 2.77. The lowest BCUT2D eigenvalue weighted by Gasteiger charge is -1.99. The van der Waals surface area contributed by atoms with Crippen molar-refractivity contribution in [3.63, 3.8) is 0 Å². The normalized spacial score (nSPS) is 14.0. The fraction of sp³-hybridized carbons (Fsp3) is 0.308. The van der Waals surface area contributed by atoms with E-state index in [4.69, 9.17) is 0 Å². The quantitative estimate of drug-likeness (QED) is 0.753. The molecule has 0 radical (unpaired) electrons. The van der Waals surface area contributed by atoms with Gasteiger partial charge < -0.3 is 4.98 Å². The van der Waals surface area contributed by atoms with Crippen molar-refractivity contribution in [3.05, 3.63) is 38.2 Å². The Balaban J connectivity index is 1.70. The Kier molecular flexibility index (Phi) is 3.13. The highest BCUT2D eigenvalue weighted by Gasteiger charge is 2.21. The van der Waals surface area contributed by atoms with Crippen LogP contribution < -0.4 is 5.56 Å². The van der Waals surface area contributed by atoms with E-state index in [0.29, 0.717) is 5.75 Å². The molecular formula is C13H11N3OS3. The van der Waals surface area contributed by atoms with Crippen LogP contribution in [-0.2, 0) is 18.6 Å². The Bertz CT molecular complexity index is 819. The van der Waals surface area contributed by atoms with Crippen LogP contribution in [0.25, 0.3) is 10.2 Å². The van der Waals surface area contributed by atoms with Crippen LogP contribution in [0, 0.1) is 0 Å².